The predicted molar refractivity (Wildman–Crippen MR) is 365 cm³/mol. The fourth-order valence-corrected chi connectivity index (χ4v) is 11.8. The van der Waals surface area contributed by atoms with Crippen LogP contribution in [-0.4, -0.2) is 354 Å². The quantitative estimate of drug-likeness (QED) is 0.0199. The third-order valence-corrected chi connectivity index (χ3v) is 17.8. The van der Waals surface area contributed by atoms with E-state index < -0.39 is 159 Å². The number of nitrogens with one attached hydrogen (secondary N) is 9. The lowest BCUT2D eigenvalue weighted by atomic mass is 9.75. The molecule has 39 nitrogen and oxygen atoms in total. The highest BCUT2D eigenvalue weighted by atomic mass is 16.7. The zero-order chi connectivity index (χ0) is 77.1. The second-order valence-corrected chi connectivity index (χ2v) is 26.4. The van der Waals surface area contributed by atoms with Crippen molar-refractivity contribution in [1.29, 1.82) is 0 Å². The molecule has 1 aliphatic carbocycles. The minimum atomic E-state index is -1.48. The molecule has 0 aromatic rings. The van der Waals surface area contributed by atoms with Gasteiger partial charge in [0.15, 0.2) is 18.9 Å². The van der Waals surface area contributed by atoms with E-state index in [2.05, 4.69) is 61.7 Å². The second-order valence-electron chi connectivity index (χ2n) is 26.4. The summed E-state index contributed by atoms with van der Waals surface area (Å²) in [5, 5.41) is 127. The summed E-state index contributed by atoms with van der Waals surface area (Å²) in [6.45, 7) is 7.94. The first-order chi connectivity index (χ1) is 50.3. The molecule has 0 aromatic carbocycles. The van der Waals surface area contributed by atoms with E-state index in [9.17, 15) is 84.6 Å². The van der Waals surface area contributed by atoms with Crippen LogP contribution in [0.4, 0.5) is 0 Å². The molecular formula is C66H121N9O30. The Kier molecular flexibility index (Phi) is 46.3. The van der Waals surface area contributed by atoms with Gasteiger partial charge in [0.25, 0.3) is 0 Å². The zero-order valence-corrected chi connectivity index (χ0v) is 61.1. The molecule has 0 bridgehead atoms. The van der Waals surface area contributed by atoms with Crippen LogP contribution in [0, 0.1) is 11.8 Å². The van der Waals surface area contributed by atoms with Crippen LogP contribution in [0.25, 0.3) is 0 Å². The number of rotatable bonds is 57. The average Bonchev–Trinajstić information content (AvgIpc) is 0.815. The van der Waals surface area contributed by atoms with Gasteiger partial charge in [-0.05, 0) is 56.8 Å². The van der Waals surface area contributed by atoms with Crippen molar-refractivity contribution in [3.05, 3.63) is 0 Å². The van der Waals surface area contributed by atoms with Gasteiger partial charge in [0.05, 0.1) is 138 Å². The van der Waals surface area contributed by atoms with Crippen molar-refractivity contribution < 1.29 is 146 Å². The van der Waals surface area contributed by atoms with E-state index in [4.69, 9.17) is 61.6 Å². The fourth-order valence-electron chi connectivity index (χ4n) is 11.8. The molecule has 610 valence electrons. The van der Waals surface area contributed by atoms with Crippen LogP contribution in [0.3, 0.4) is 0 Å². The van der Waals surface area contributed by atoms with Crippen LogP contribution in [0.15, 0.2) is 0 Å². The number of hydrogen-bond acceptors (Lipinski definition) is 32. The first-order valence-electron chi connectivity index (χ1n) is 36.2. The van der Waals surface area contributed by atoms with Gasteiger partial charge < -0.3 is 150 Å². The van der Waals surface area contributed by atoms with Crippen LogP contribution < -0.4 is 47.9 Å². The lowest BCUT2D eigenvalue weighted by Gasteiger charge is -2.42. The molecule has 19 N–H and O–H groups in total. The SMILES string of the molecule is CC(=O)NC1C(OCCOCCOCCNC(=O)CCC(CCC(=O)NCCOCCOCCOC2OC(CO)C(O)C(O)C2NC(C)=O)(CCC(O)NCCOCCOCCOC2OC(CO)C(O)C(O)C2NC(C)=O)NC(=O)CCCC(=O)NCNCOC2CC(C(C)C)C2)OC(CO)C(O)C1O. The van der Waals surface area contributed by atoms with Crippen LogP contribution in [0.5, 0.6) is 0 Å². The molecule has 3 saturated heterocycles. The van der Waals surface area contributed by atoms with Crippen LogP contribution in [0.1, 0.15) is 105 Å². The highest BCUT2D eigenvalue weighted by Gasteiger charge is 2.48. The lowest BCUT2D eigenvalue weighted by molar-refractivity contribution is -0.272. The summed E-state index contributed by atoms with van der Waals surface area (Å²) in [4.78, 5) is 89.3. The van der Waals surface area contributed by atoms with E-state index >= 15 is 0 Å². The topological polar surface area (TPSA) is 550 Å². The van der Waals surface area contributed by atoms with E-state index in [1.165, 1.54) is 20.8 Å². The van der Waals surface area contributed by atoms with Crippen molar-refractivity contribution >= 4 is 41.4 Å². The lowest BCUT2D eigenvalue weighted by Crippen LogP contribution is -2.64. The molecule has 4 rings (SSSR count). The molecule has 0 aromatic heterocycles. The van der Waals surface area contributed by atoms with Crippen LogP contribution in [0.2, 0.25) is 0 Å². The Hall–Kier alpha value is -4.71. The Morgan fingerprint density at radius 1 is 0.448 bits per heavy atom. The summed E-state index contributed by atoms with van der Waals surface area (Å²) in [6.07, 6.45) is -15.0. The first-order valence-corrected chi connectivity index (χ1v) is 36.2. The van der Waals surface area contributed by atoms with Gasteiger partial charge in [-0.2, -0.15) is 0 Å². The average molecular weight is 1520 g/mol. The summed E-state index contributed by atoms with van der Waals surface area (Å²) in [7, 11) is 0. The Morgan fingerprint density at radius 2 is 0.810 bits per heavy atom. The van der Waals surface area contributed by atoms with Crippen molar-refractivity contribution in [2.24, 2.45) is 11.8 Å². The maximum atomic E-state index is 14.0. The van der Waals surface area contributed by atoms with Gasteiger partial charge in [0.1, 0.15) is 79.3 Å². The van der Waals surface area contributed by atoms with Gasteiger partial charge in [0.2, 0.25) is 41.4 Å². The number of ether oxygens (including phenoxy) is 13. The van der Waals surface area contributed by atoms with Crippen molar-refractivity contribution in [3.63, 3.8) is 0 Å². The third kappa shape index (κ3) is 36.1. The standard InChI is InChI=1S/C66H121N9O30/c1-40(2)44-33-45(34-44)102-39-67-38-71-49(82)7-6-8-53(86)75-66(12-9-50(83)68-15-18-93-21-24-96-27-30-99-63-54(72-41(3)79)60(90)57(87)46(35-76)103-63,13-10-51(84)69-16-19-94-22-25-97-28-31-100-64-55(73-42(4)80)61(91)58(88)47(36-77)104-64)14-11-52(85)70-17-20-95-23-26-98-29-32-101-65-56(74-43(5)81)62(92)59(89)48(37-78)105-65/h40,44-48,50,54-65,67-68,76-78,83,87-92H,6-39H2,1-5H3,(H,69,84)(H,70,85)(H,71,82)(H,72,79)(H,73,80)(H,74,81)(H,75,86). The molecule has 16 unspecified atom stereocenters. The van der Waals surface area contributed by atoms with Crippen molar-refractivity contribution in [1.82, 2.24) is 47.9 Å². The largest absolute Gasteiger partial charge is 0.394 e. The maximum Gasteiger partial charge on any atom is 0.221 e. The van der Waals surface area contributed by atoms with Crippen molar-refractivity contribution in [2.75, 3.05) is 152 Å². The molecule has 16 atom stereocenters. The summed E-state index contributed by atoms with van der Waals surface area (Å²) in [5.74, 6) is -1.88. The normalized spacial score (nSPS) is 27.6. The number of aliphatic hydroxyl groups is 10. The molecule has 4 aliphatic rings. The number of carbonyl (C=O) groups is 7. The molecule has 7 amide bonds. The monoisotopic (exact) mass is 1520 g/mol. The van der Waals surface area contributed by atoms with Crippen molar-refractivity contribution in [2.45, 2.75) is 215 Å². The predicted octanol–water partition coefficient (Wildman–Crippen LogP) is -7.45. The molecule has 105 heavy (non-hydrogen) atoms. The second kappa shape index (κ2) is 52.4. The number of amides is 7. The van der Waals surface area contributed by atoms with E-state index in [1.54, 1.807) is 0 Å². The first kappa shape index (κ1) is 92.7. The molecule has 0 radical (unpaired) electrons. The number of hydrogen-bond donors (Lipinski definition) is 19. The maximum absolute atomic E-state index is 14.0. The van der Waals surface area contributed by atoms with Gasteiger partial charge in [0, 0.05) is 71.6 Å². The Labute approximate surface area is 612 Å². The Bertz CT molecular complexity index is 2370. The molecule has 4 fully saturated rings. The third-order valence-electron chi connectivity index (χ3n) is 17.8. The summed E-state index contributed by atoms with van der Waals surface area (Å²) >= 11 is 0. The van der Waals surface area contributed by atoms with Crippen LogP contribution >= 0.6 is 0 Å². The molecule has 1 saturated carbocycles. The summed E-state index contributed by atoms with van der Waals surface area (Å²) in [6, 6.07) is -3.35. The van der Waals surface area contributed by atoms with Crippen molar-refractivity contribution in [3.8, 4) is 0 Å². The summed E-state index contributed by atoms with van der Waals surface area (Å²) in [5.41, 5.74) is -1.27. The number of carbonyl (C=O) groups excluding carboxylic acids is 7. The zero-order valence-electron chi connectivity index (χ0n) is 61.1. The van der Waals surface area contributed by atoms with E-state index in [-0.39, 0.29) is 202 Å². The highest BCUT2D eigenvalue weighted by molar-refractivity contribution is 5.80. The Morgan fingerprint density at radius 3 is 1.19 bits per heavy atom. The van der Waals surface area contributed by atoms with Gasteiger partial charge in [-0.25, -0.2) is 0 Å². The highest BCUT2D eigenvalue weighted by Crippen LogP contribution is 2.35. The molecule has 3 heterocycles. The smallest absolute Gasteiger partial charge is 0.221 e. The summed E-state index contributed by atoms with van der Waals surface area (Å²) < 4.78 is 73.2. The van der Waals surface area contributed by atoms with Gasteiger partial charge in [-0.1, -0.05) is 13.8 Å². The van der Waals surface area contributed by atoms with E-state index in [1.807, 2.05) is 0 Å². The molecule has 0 spiro atoms. The van der Waals surface area contributed by atoms with Gasteiger partial charge in [-0.15, -0.1) is 0 Å². The fraction of sp³-hybridized carbons (Fsp3) is 0.894. The number of aliphatic hydroxyl groups excluding tert-OH is 10. The molecular weight excluding hydrogens is 1400 g/mol. The van der Waals surface area contributed by atoms with E-state index in [0.29, 0.717) is 11.8 Å². The van der Waals surface area contributed by atoms with E-state index in [0.717, 1.165) is 12.8 Å². The van der Waals surface area contributed by atoms with Gasteiger partial charge in [-0.3, -0.25) is 44.2 Å². The Balaban J connectivity index is 1.31. The van der Waals surface area contributed by atoms with Gasteiger partial charge >= 0.3 is 0 Å². The molecule has 39 heteroatoms. The minimum Gasteiger partial charge on any atom is -0.394 e. The van der Waals surface area contributed by atoms with Crippen LogP contribution in [-0.2, 0) is 95.1 Å². The molecule has 3 aliphatic heterocycles. The minimum absolute atomic E-state index is 0.00412.